The molecule has 5 aromatic rings. The molecule has 0 fully saturated rings. The minimum absolute atomic E-state index is 0.147. The number of carbonyl (C=O) groups is 1. The van der Waals surface area contributed by atoms with Gasteiger partial charge in [0, 0.05) is 18.1 Å². The van der Waals surface area contributed by atoms with Gasteiger partial charge in [-0.3, -0.25) is 4.72 Å². The van der Waals surface area contributed by atoms with Crippen LogP contribution >= 0.6 is 0 Å². The number of carbonyl (C=O) groups excluding carboxylic acids is 1. The predicted octanol–water partition coefficient (Wildman–Crippen LogP) is 6.94. The van der Waals surface area contributed by atoms with Gasteiger partial charge >= 0.3 is 5.97 Å². The van der Waals surface area contributed by atoms with Crippen molar-refractivity contribution in [3.63, 3.8) is 0 Å². The molecular weight excluding hydrogens is 524 g/mol. The molecule has 2 N–H and O–H groups in total. The van der Waals surface area contributed by atoms with Crippen LogP contribution in [0.2, 0.25) is 0 Å². The number of esters is 1. The molecule has 0 aliphatic heterocycles. The molecule has 1 heterocycles. The van der Waals surface area contributed by atoms with Crippen molar-refractivity contribution in [1.82, 2.24) is 0 Å². The first-order chi connectivity index (χ1) is 19.3. The van der Waals surface area contributed by atoms with Gasteiger partial charge in [0.1, 0.15) is 11.3 Å². The van der Waals surface area contributed by atoms with Gasteiger partial charge in [-0.15, -0.1) is 0 Å². The standard InChI is InChI=1S/C32H30N2O5S/c1-4-38-32(35)26-20-23(16-19-27(26)33-3)29(22-10-6-5-7-11-22)31-30(25-12-8-9-13-28(25)39-31)34-40(36,37)24-17-14-21(2)15-18-24/h5-20,29,33-34H,4H2,1-3H3. The average molecular weight is 555 g/mol. The van der Waals surface area contributed by atoms with Crippen LogP contribution < -0.4 is 10.0 Å². The number of aryl methyl sites for hydroxylation is 1. The summed E-state index contributed by atoms with van der Waals surface area (Å²) >= 11 is 0. The van der Waals surface area contributed by atoms with Crippen LogP contribution in [0.3, 0.4) is 0 Å². The second-order valence-corrected chi connectivity index (χ2v) is 11.1. The number of nitrogens with one attached hydrogen (secondary N) is 2. The van der Waals surface area contributed by atoms with Crippen LogP contribution in [0.1, 0.15) is 45.7 Å². The minimum atomic E-state index is -3.95. The van der Waals surface area contributed by atoms with Crippen molar-refractivity contribution in [2.45, 2.75) is 24.7 Å². The van der Waals surface area contributed by atoms with Crippen molar-refractivity contribution < 1.29 is 22.4 Å². The highest BCUT2D eigenvalue weighted by Gasteiger charge is 2.30. The largest absolute Gasteiger partial charge is 0.462 e. The molecule has 0 spiro atoms. The number of sulfonamides is 1. The number of ether oxygens (including phenoxy) is 1. The van der Waals surface area contributed by atoms with Crippen LogP contribution in [0.5, 0.6) is 0 Å². The minimum Gasteiger partial charge on any atom is -0.462 e. The van der Waals surface area contributed by atoms with Crippen molar-refractivity contribution in [3.8, 4) is 0 Å². The van der Waals surface area contributed by atoms with Gasteiger partial charge in [0.05, 0.1) is 28.7 Å². The zero-order valence-electron chi connectivity index (χ0n) is 22.5. The summed E-state index contributed by atoms with van der Waals surface area (Å²) in [6, 6.07) is 29.1. The summed E-state index contributed by atoms with van der Waals surface area (Å²) in [5.41, 5.74) is 4.45. The molecule has 4 aromatic carbocycles. The smallest absolute Gasteiger partial charge is 0.340 e. The summed E-state index contributed by atoms with van der Waals surface area (Å²) in [6.07, 6.45) is 0. The summed E-state index contributed by atoms with van der Waals surface area (Å²) in [4.78, 5) is 13.0. The lowest BCUT2D eigenvalue weighted by Crippen LogP contribution is -2.15. The fraction of sp³-hybridized carbons (Fsp3) is 0.156. The van der Waals surface area contributed by atoms with Crippen molar-refractivity contribution >= 4 is 38.3 Å². The zero-order chi connectivity index (χ0) is 28.3. The van der Waals surface area contributed by atoms with Crippen molar-refractivity contribution in [3.05, 3.63) is 125 Å². The molecule has 1 unspecified atom stereocenters. The van der Waals surface area contributed by atoms with E-state index in [0.717, 1.165) is 16.7 Å². The van der Waals surface area contributed by atoms with E-state index in [2.05, 4.69) is 10.0 Å². The fourth-order valence-corrected chi connectivity index (χ4v) is 5.85. The van der Waals surface area contributed by atoms with E-state index < -0.39 is 21.9 Å². The summed E-state index contributed by atoms with van der Waals surface area (Å²) in [5, 5.41) is 3.68. The second-order valence-electron chi connectivity index (χ2n) is 9.38. The maximum atomic E-state index is 13.6. The molecule has 1 aromatic heterocycles. The van der Waals surface area contributed by atoms with Gasteiger partial charge < -0.3 is 14.5 Å². The Hall–Kier alpha value is -4.56. The average Bonchev–Trinajstić information content (AvgIpc) is 3.31. The number of fused-ring (bicyclic) bond motifs is 1. The van der Waals surface area contributed by atoms with Gasteiger partial charge in [-0.2, -0.15) is 0 Å². The van der Waals surface area contributed by atoms with Gasteiger partial charge in [0.2, 0.25) is 0 Å². The van der Waals surface area contributed by atoms with Gasteiger partial charge in [0.25, 0.3) is 10.0 Å². The Morgan fingerprint density at radius 1 is 0.900 bits per heavy atom. The lowest BCUT2D eigenvalue weighted by molar-refractivity contribution is 0.0527. The van der Waals surface area contributed by atoms with Crippen molar-refractivity contribution in [2.24, 2.45) is 0 Å². The maximum Gasteiger partial charge on any atom is 0.340 e. The second kappa shape index (κ2) is 11.3. The van der Waals surface area contributed by atoms with Crippen molar-refractivity contribution in [2.75, 3.05) is 23.7 Å². The molecule has 0 aliphatic rings. The third-order valence-electron chi connectivity index (χ3n) is 6.73. The monoisotopic (exact) mass is 554 g/mol. The highest BCUT2D eigenvalue weighted by atomic mass is 32.2. The SMILES string of the molecule is CCOC(=O)c1cc(C(c2ccccc2)c2oc3ccccc3c2NS(=O)(=O)c2ccc(C)cc2)ccc1NC. The van der Waals surface area contributed by atoms with Gasteiger partial charge in [0.15, 0.2) is 0 Å². The van der Waals surface area contributed by atoms with E-state index in [1.807, 2.05) is 67.6 Å². The number of hydrogen-bond donors (Lipinski definition) is 2. The van der Waals surface area contributed by atoms with Gasteiger partial charge in [-0.25, -0.2) is 13.2 Å². The van der Waals surface area contributed by atoms with Crippen LogP contribution in [0, 0.1) is 6.92 Å². The Morgan fingerprint density at radius 3 is 2.30 bits per heavy atom. The number of anilines is 2. The number of furan rings is 1. The lowest BCUT2D eigenvalue weighted by atomic mass is 9.87. The molecule has 7 nitrogen and oxygen atoms in total. The number of benzene rings is 4. The summed E-state index contributed by atoms with van der Waals surface area (Å²) in [7, 11) is -2.21. The molecule has 0 amide bonds. The first-order valence-electron chi connectivity index (χ1n) is 13.0. The molecular formula is C32H30N2O5S. The zero-order valence-corrected chi connectivity index (χ0v) is 23.3. The molecule has 1 atom stereocenters. The molecule has 0 saturated heterocycles. The Labute approximate surface area is 233 Å². The molecule has 204 valence electrons. The normalized spacial score (nSPS) is 12.2. The lowest BCUT2D eigenvalue weighted by Gasteiger charge is -2.20. The van der Waals surface area contributed by atoms with Crippen molar-refractivity contribution in [1.29, 1.82) is 0 Å². The van der Waals surface area contributed by atoms with E-state index in [1.54, 1.807) is 50.4 Å². The van der Waals surface area contributed by atoms with Crippen LogP contribution in [0.4, 0.5) is 11.4 Å². The Balaban J connectivity index is 1.73. The first kappa shape index (κ1) is 27.0. The molecule has 0 aliphatic carbocycles. The van der Waals surface area contributed by atoms with E-state index >= 15 is 0 Å². The van der Waals surface area contributed by atoms with E-state index in [4.69, 9.17) is 9.15 Å². The highest BCUT2D eigenvalue weighted by molar-refractivity contribution is 7.92. The Kier molecular flexibility index (Phi) is 7.62. The molecule has 8 heteroatoms. The Bertz CT molecular complexity index is 1760. The first-order valence-corrected chi connectivity index (χ1v) is 14.5. The van der Waals surface area contributed by atoms with Gasteiger partial charge in [-0.05, 0) is 61.4 Å². The van der Waals surface area contributed by atoms with Crippen LogP contribution in [-0.2, 0) is 14.8 Å². The van der Waals surface area contributed by atoms with Crippen LogP contribution in [-0.4, -0.2) is 28.0 Å². The fourth-order valence-electron chi connectivity index (χ4n) is 4.76. The number of para-hydroxylation sites is 1. The molecule has 0 radical (unpaired) electrons. The molecule has 40 heavy (non-hydrogen) atoms. The summed E-state index contributed by atoms with van der Waals surface area (Å²) in [6.45, 7) is 3.90. The highest BCUT2D eigenvalue weighted by Crippen LogP contribution is 2.43. The predicted molar refractivity (Wildman–Crippen MR) is 158 cm³/mol. The van der Waals surface area contributed by atoms with Gasteiger partial charge in [-0.1, -0.05) is 66.2 Å². The molecule has 5 rings (SSSR count). The maximum absolute atomic E-state index is 13.6. The van der Waals surface area contributed by atoms with Crippen LogP contribution in [0.25, 0.3) is 11.0 Å². The summed E-state index contributed by atoms with van der Waals surface area (Å²) in [5.74, 6) is -0.580. The van der Waals surface area contributed by atoms with Crippen LogP contribution in [0.15, 0.2) is 106 Å². The molecule has 0 bridgehead atoms. The van der Waals surface area contributed by atoms with E-state index in [1.165, 1.54) is 0 Å². The Morgan fingerprint density at radius 2 is 1.60 bits per heavy atom. The topological polar surface area (TPSA) is 97.6 Å². The van der Waals surface area contributed by atoms with E-state index in [9.17, 15) is 13.2 Å². The third-order valence-corrected chi connectivity index (χ3v) is 8.09. The third kappa shape index (κ3) is 5.31. The number of hydrogen-bond acceptors (Lipinski definition) is 6. The van der Waals surface area contributed by atoms with E-state index in [-0.39, 0.29) is 11.5 Å². The van der Waals surface area contributed by atoms with E-state index in [0.29, 0.717) is 33.7 Å². The summed E-state index contributed by atoms with van der Waals surface area (Å²) < 4.78 is 41.7. The molecule has 0 saturated carbocycles. The number of rotatable bonds is 9. The quantitative estimate of drug-likeness (QED) is 0.192.